The number of benzene rings is 1. The Hall–Kier alpha value is -1.66. The van der Waals surface area contributed by atoms with Crippen molar-refractivity contribution in [3.63, 3.8) is 0 Å². The van der Waals surface area contributed by atoms with Crippen LogP contribution >= 0.6 is 11.8 Å². The highest BCUT2D eigenvalue weighted by Gasteiger charge is 2.11. The van der Waals surface area contributed by atoms with Crippen LogP contribution in [0, 0.1) is 5.82 Å². The minimum atomic E-state index is -0.326. The fourth-order valence-corrected chi connectivity index (χ4v) is 3.01. The lowest BCUT2D eigenvalue weighted by Gasteiger charge is -2.12. The highest BCUT2D eigenvalue weighted by molar-refractivity contribution is 7.99. The van der Waals surface area contributed by atoms with Gasteiger partial charge in [-0.3, -0.25) is 4.79 Å². The molecule has 0 aliphatic carbocycles. The first-order chi connectivity index (χ1) is 9.99. The number of aromatic amines is 1. The molecule has 0 saturated heterocycles. The Balaban J connectivity index is 2.36. The standard InChI is InChI=1S/C15H18FN3OS/c1-3-4-11-8-14(20)19-15(18-11)21-13-6-5-10(16)7-12(13)9(2)17/h5-9H,3-4,17H2,1-2H3,(H,18,19,20)/t9-/m1/s1. The highest BCUT2D eigenvalue weighted by atomic mass is 32.2. The van der Waals surface area contributed by atoms with E-state index < -0.39 is 0 Å². The maximum Gasteiger partial charge on any atom is 0.251 e. The monoisotopic (exact) mass is 307 g/mol. The topological polar surface area (TPSA) is 71.8 Å². The van der Waals surface area contributed by atoms with E-state index in [2.05, 4.69) is 9.97 Å². The zero-order valence-electron chi connectivity index (χ0n) is 12.0. The molecule has 0 radical (unpaired) electrons. The summed E-state index contributed by atoms with van der Waals surface area (Å²) in [7, 11) is 0. The molecule has 4 nitrogen and oxygen atoms in total. The average Bonchev–Trinajstić information content (AvgIpc) is 2.40. The van der Waals surface area contributed by atoms with Crippen molar-refractivity contribution in [2.75, 3.05) is 0 Å². The molecule has 0 amide bonds. The van der Waals surface area contributed by atoms with E-state index in [4.69, 9.17) is 5.73 Å². The maximum atomic E-state index is 13.3. The van der Waals surface area contributed by atoms with Gasteiger partial charge >= 0.3 is 0 Å². The van der Waals surface area contributed by atoms with Gasteiger partial charge in [0.15, 0.2) is 5.16 Å². The van der Waals surface area contributed by atoms with Gasteiger partial charge in [0.25, 0.3) is 5.56 Å². The maximum absolute atomic E-state index is 13.3. The van der Waals surface area contributed by atoms with Gasteiger partial charge in [-0.25, -0.2) is 9.37 Å². The van der Waals surface area contributed by atoms with Gasteiger partial charge in [0.05, 0.1) is 0 Å². The van der Waals surface area contributed by atoms with Gasteiger partial charge in [0.1, 0.15) is 5.82 Å². The van der Waals surface area contributed by atoms with Crippen molar-refractivity contribution in [1.29, 1.82) is 0 Å². The molecule has 0 bridgehead atoms. The van der Waals surface area contributed by atoms with Crippen molar-refractivity contribution in [2.45, 2.75) is 42.8 Å². The number of nitrogens with one attached hydrogen (secondary N) is 1. The lowest BCUT2D eigenvalue weighted by molar-refractivity contribution is 0.619. The fourth-order valence-electron chi connectivity index (χ4n) is 1.99. The van der Waals surface area contributed by atoms with Gasteiger partial charge in [0.2, 0.25) is 0 Å². The summed E-state index contributed by atoms with van der Waals surface area (Å²) >= 11 is 1.29. The summed E-state index contributed by atoms with van der Waals surface area (Å²) in [5, 5.41) is 0.499. The van der Waals surface area contributed by atoms with Crippen LogP contribution in [0.25, 0.3) is 0 Å². The van der Waals surface area contributed by atoms with E-state index in [0.29, 0.717) is 10.7 Å². The summed E-state index contributed by atoms with van der Waals surface area (Å²) in [6.45, 7) is 3.83. The Morgan fingerprint density at radius 2 is 2.19 bits per heavy atom. The molecule has 3 N–H and O–H groups in total. The minimum absolute atomic E-state index is 0.180. The zero-order chi connectivity index (χ0) is 15.4. The number of nitrogens with two attached hydrogens (primary N) is 1. The van der Waals surface area contributed by atoms with Gasteiger partial charge in [-0.15, -0.1) is 0 Å². The second-order valence-corrected chi connectivity index (χ2v) is 5.90. The Labute approximate surface area is 127 Å². The molecular formula is C15H18FN3OS. The Morgan fingerprint density at radius 1 is 1.43 bits per heavy atom. The Kier molecular flexibility index (Phi) is 5.14. The van der Waals surface area contributed by atoms with Crippen LogP contribution in [0.2, 0.25) is 0 Å². The van der Waals surface area contributed by atoms with Crippen LogP contribution in [0.3, 0.4) is 0 Å². The summed E-state index contributed by atoms with van der Waals surface area (Å²) in [6, 6.07) is 5.66. The summed E-state index contributed by atoms with van der Waals surface area (Å²) in [4.78, 5) is 19.6. The van der Waals surface area contributed by atoms with Crippen LogP contribution in [0.1, 0.15) is 37.6 Å². The first-order valence-electron chi connectivity index (χ1n) is 6.82. The number of H-pyrrole nitrogens is 1. The fraction of sp³-hybridized carbons (Fsp3) is 0.333. The van der Waals surface area contributed by atoms with Crippen LogP contribution in [0.4, 0.5) is 4.39 Å². The third-order valence-corrected chi connectivity index (χ3v) is 3.93. The van der Waals surface area contributed by atoms with Gasteiger partial charge in [-0.2, -0.15) is 0 Å². The lowest BCUT2D eigenvalue weighted by atomic mass is 10.1. The Morgan fingerprint density at radius 3 is 2.86 bits per heavy atom. The number of aryl methyl sites for hydroxylation is 1. The molecule has 1 heterocycles. The molecule has 1 aromatic carbocycles. The molecule has 1 aromatic heterocycles. The SMILES string of the molecule is CCCc1cc(=O)[nH]c(Sc2ccc(F)cc2[C@@H](C)N)n1. The lowest BCUT2D eigenvalue weighted by Crippen LogP contribution is -2.11. The normalized spacial score (nSPS) is 12.4. The van der Waals surface area contributed by atoms with Crippen molar-refractivity contribution >= 4 is 11.8 Å². The average molecular weight is 307 g/mol. The molecule has 0 spiro atoms. The number of halogens is 1. The molecule has 0 saturated carbocycles. The van der Waals surface area contributed by atoms with Crippen LogP contribution in [0.5, 0.6) is 0 Å². The predicted octanol–water partition coefficient (Wildman–Crippen LogP) is 3.03. The number of rotatable bonds is 5. The van der Waals surface area contributed by atoms with E-state index in [1.165, 1.54) is 30.0 Å². The summed E-state index contributed by atoms with van der Waals surface area (Å²) in [5.41, 5.74) is 7.15. The van der Waals surface area contributed by atoms with E-state index in [9.17, 15) is 9.18 Å². The van der Waals surface area contributed by atoms with Gasteiger partial charge < -0.3 is 10.7 Å². The number of nitrogens with zero attached hydrogens (tertiary/aromatic N) is 1. The van der Waals surface area contributed by atoms with E-state index in [1.807, 2.05) is 6.92 Å². The van der Waals surface area contributed by atoms with Gasteiger partial charge in [-0.05, 0) is 37.1 Å². The molecule has 112 valence electrons. The molecule has 6 heteroatoms. The molecule has 21 heavy (non-hydrogen) atoms. The molecule has 2 rings (SSSR count). The van der Waals surface area contributed by atoms with E-state index in [-0.39, 0.29) is 17.4 Å². The first-order valence-corrected chi connectivity index (χ1v) is 7.64. The van der Waals surface area contributed by atoms with E-state index in [0.717, 1.165) is 23.4 Å². The first kappa shape index (κ1) is 15.7. The second-order valence-electron chi connectivity index (χ2n) is 4.86. The van der Waals surface area contributed by atoms with Gasteiger partial charge in [0, 0.05) is 22.7 Å². The molecule has 0 aliphatic heterocycles. The number of hydrogen-bond acceptors (Lipinski definition) is 4. The van der Waals surface area contributed by atoms with Crippen molar-refractivity contribution in [2.24, 2.45) is 5.73 Å². The van der Waals surface area contributed by atoms with Crippen LogP contribution in [-0.2, 0) is 6.42 Å². The van der Waals surface area contributed by atoms with E-state index in [1.54, 1.807) is 13.0 Å². The molecular weight excluding hydrogens is 289 g/mol. The zero-order valence-corrected chi connectivity index (χ0v) is 12.8. The largest absolute Gasteiger partial charge is 0.324 e. The smallest absolute Gasteiger partial charge is 0.251 e. The molecule has 1 atom stereocenters. The summed E-state index contributed by atoms with van der Waals surface area (Å²) in [6.07, 6.45) is 1.67. The molecule has 0 unspecified atom stereocenters. The molecule has 0 aliphatic rings. The predicted molar refractivity (Wildman–Crippen MR) is 82.0 cm³/mol. The van der Waals surface area contributed by atoms with Gasteiger partial charge in [-0.1, -0.05) is 25.1 Å². The van der Waals surface area contributed by atoms with Crippen molar-refractivity contribution in [1.82, 2.24) is 9.97 Å². The Bertz CT molecular complexity index is 685. The quantitative estimate of drug-likeness (QED) is 0.833. The summed E-state index contributed by atoms with van der Waals surface area (Å²) in [5.74, 6) is -0.326. The van der Waals surface area contributed by atoms with E-state index >= 15 is 0 Å². The van der Waals surface area contributed by atoms with Crippen molar-refractivity contribution in [3.05, 3.63) is 51.7 Å². The van der Waals surface area contributed by atoms with Crippen LogP contribution in [-0.4, -0.2) is 9.97 Å². The molecule has 0 fully saturated rings. The number of hydrogen-bond donors (Lipinski definition) is 2. The third-order valence-electron chi connectivity index (χ3n) is 2.95. The van der Waals surface area contributed by atoms with Crippen molar-refractivity contribution in [3.8, 4) is 0 Å². The van der Waals surface area contributed by atoms with Crippen LogP contribution in [0.15, 0.2) is 39.1 Å². The summed E-state index contributed by atoms with van der Waals surface area (Å²) < 4.78 is 13.3. The van der Waals surface area contributed by atoms with Crippen molar-refractivity contribution < 1.29 is 4.39 Å². The second kappa shape index (κ2) is 6.87. The van der Waals surface area contributed by atoms with Crippen LogP contribution < -0.4 is 11.3 Å². The number of aromatic nitrogens is 2. The third kappa shape index (κ3) is 4.15. The molecule has 2 aromatic rings. The highest BCUT2D eigenvalue weighted by Crippen LogP contribution is 2.31. The minimum Gasteiger partial charge on any atom is -0.324 e.